The maximum atomic E-state index is 12.9. The number of nitrogens with zero attached hydrogens (tertiary/aromatic N) is 1. The van der Waals surface area contributed by atoms with E-state index in [1.54, 1.807) is 6.07 Å². The van der Waals surface area contributed by atoms with Crippen molar-refractivity contribution in [1.82, 2.24) is 0 Å². The molecule has 176 valence electrons. The first-order chi connectivity index (χ1) is 15.7. The van der Waals surface area contributed by atoms with Crippen LogP contribution in [-0.2, 0) is 11.2 Å². The predicted octanol–water partition coefficient (Wildman–Crippen LogP) is 8.43. The first-order valence-electron chi connectivity index (χ1n) is 13.1. The fourth-order valence-electron chi connectivity index (χ4n) is 5.55. The maximum absolute atomic E-state index is 12.9. The molecule has 2 aliphatic rings. The van der Waals surface area contributed by atoms with E-state index in [0.717, 1.165) is 37.7 Å². The summed E-state index contributed by atoms with van der Waals surface area (Å²) in [6, 6.07) is 11.0. The molecule has 0 N–H and O–H groups in total. The lowest BCUT2D eigenvalue weighted by atomic mass is 9.78. The molecule has 0 heterocycles. The van der Waals surface area contributed by atoms with Gasteiger partial charge < -0.3 is 4.74 Å². The highest BCUT2D eigenvalue weighted by molar-refractivity contribution is 5.26. The zero-order valence-corrected chi connectivity index (χ0v) is 20.0. The first kappa shape index (κ1) is 25.0. The molecule has 32 heavy (non-hydrogen) atoms. The van der Waals surface area contributed by atoms with Gasteiger partial charge in [0.15, 0.2) is 5.83 Å². The Morgan fingerprint density at radius 2 is 1.69 bits per heavy atom. The smallest absolute Gasteiger partial charge is 0.196 e. The minimum Gasteiger partial charge on any atom is -0.378 e. The van der Waals surface area contributed by atoms with Gasteiger partial charge in [0, 0.05) is 6.61 Å². The molecule has 0 aromatic heterocycles. The SMILES string of the molecule is CCCCCc1ccc(C2CCC(COC3CCC(CC/C=C(\F)C#N)CC3)CC2)cc1. The number of rotatable bonds is 11. The van der Waals surface area contributed by atoms with Gasteiger partial charge in [-0.25, -0.2) is 0 Å². The van der Waals surface area contributed by atoms with Crippen molar-refractivity contribution in [2.45, 2.75) is 109 Å². The van der Waals surface area contributed by atoms with E-state index in [0.29, 0.717) is 18.4 Å². The molecule has 2 saturated carbocycles. The average Bonchev–Trinajstić information content (AvgIpc) is 2.84. The van der Waals surface area contributed by atoms with Crippen molar-refractivity contribution >= 4 is 0 Å². The van der Waals surface area contributed by atoms with Crippen molar-refractivity contribution in [2.75, 3.05) is 6.61 Å². The molecule has 0 saturated heterocycles. The third kappa shape index (κ3) is 8.36. The summed E-state index contributed by atoms with van der Waals surface area (Å²) in [6.45, 7) is 3.19. The third-order valence-corrected chi connectivity index (χ3v) is 7.73. The molecule has 0 atom stereocenters. The number of benzene rings is 1. The fourth-order valence-corrected chi connectivity index (χ4v) is 5.55. The van der Waals surface area contributed by atoms with Crippen molar-refractivity contribution in [3.8, 4) is 6.07 Å². The number of hydrogen-bond acceptors (Lipinski definition) is 2. The fraction of sp³-hybridized carbons (Fsp3) is 0.690. The Hall–Kier alpha value is -1.66. The summed E-state index contributed by atoms with van der Waals surface area (Å²) in [4.78, 5) is 0. The standard InChI is InChI=1S/C29H42FNO/c1-2-3-4-6-23-9-15-26(16-10-23)27-17-11-25(12-18-27)22-32-29-19-13-24(14-20-29)7-5-8-28(30)21-31/h8-10,15-16,24-25,27,29H,2-7,11-14,17-20,22H2,1H3/b28-8-. The highest BCUT2D eigenvalue weighted by atomic mass is 19.1. The van der Waals surface area contributed by atoms with Crippen LogP contribution in [0, 0.1) is 23.2 Å². The Balaban J connectivity index is 1.29. The molecule has 3 rings (SSSR count). The van der Waals surface area contributed by atoms with Crippen LogP contribution in [0.4, 0.5) is 4.39 Å². The quantitative estimate of drug-likeness (QED) is 0.256. The van der Waals surface area contributed by atoms with E-state index in [1.807, 2.05) is 0 Å². The average molecular weight is 440 g/mol. The molecule has 0 aliphatic heterocycles. The van der Waals surface area contributed by atoms with Crippen molar-refractivity contribution in [1.29, 1.82) is 5.26 Å². The molecule has 3 heteroatoms. The Morgan fingerprint density at radius 3 is 2.34 bits per heavy atom. The van der Waals surface area contributed by atoms with E-state index >= 15 is 0 Å². The van der Waals surface area contributed by atoms with Crippen LogP contribution in [0.1, 0.15) is 107 Å². The van der Waals surface area contributed by atoms with E-state index in [2.05, 4.69) is 31.2 Å². The molecule has 2 fully saturated rings. The normalized spacial score (nSPS) is 26.6. The van der Waals surface area contributed by atoms with Crippen molar-refractivity contribution in [3.05, 3.63) is 47.3 Å². The van der Waals surface area contributed by atoms with Crippen molar-refractivity contribution in [3.63, 3.8) is 0 Å². The lowest BCUT2D eigenvalue weighted by molar-refractivity contribution is -0.00824. The van der Waals surface area contributed by atoms with E-state index < -0.39 is 5.83 Å². The number of nitriles is 1. The number of aryl methyl sites for hydroxylation is 1. The molecular weight excluding hydrogens is 397 g/mol. The zero-order chi connectivity index (χ0) is 22.6. The van der Waals surface area contributed by atoms with Gasteiger partial charge in [0.2, 0.25) is 0 Å². The van der Waals surface area contributed by atoms with Crippen LogP contribution in [0.25, 0.3) is 0 Å². The molecule has 0 unspecified atom stereocenters. The maximum Gasteiger partial charge on any atom is 0.196 e. The number of allylic oxidation sites excluding steroid dienone is 2. The van der Waals surface area contributed by atoms with Crippen LogP contribution < -0.4 is 0 Å². The lowest BCUT2D eigenvalue weighted by Crippen LogP contribution is -2.25. The monoisotopic (exact) mass is 439 g/mol. The van der Waals surface area contributed by atoms with Gasteiger partial charge in [0.05, 0.1) is 6.10 Å². The van der Waals surface area contributed by atoms with Crippen LogP contribution in [0.3, 0.4) is 0 Å². The second-order valence-electron chi connectivity index (χ2n) is 10.1. The van der Waals surface area contributed by atoms with Gasteiger partial charge in [-0.1, -0.05) is 44.0 Å². The van der Waals surface area contributed by atoms with Crippen LogP contribution >= 0.6 is 0 Å². The van der Waals surface area contributed by atoms with Gasteiger partial charge in [0.1, 0.15) is 6.07 Å². The van der Waals surface area contributed by atoms with E-state index in [9.17, 15) is 4.39 Å². The van der Waals surface area contributed by atoms with Crippen LogP contribution in [0.2, 0.25) is 0 Å². The summed E-state index contributed by atoms with van der Waals surface area (Å²) in [7, 11) is 0. The minimum atomic E-state index is -0.642. The largest absolute Gasteiger partial charge is 0.378 e. The van der Waals surface area contributed by atoms with E-state index in [4.69, 9.17) is 10.00 Å². The Kier molecular flexibility index (Phi) is 10.8. The van der Waals surface area contributed by atoms with Gasteiger partial charge >= 0.3 is 0 Å². The van der Waals surface area contributed by atoms with E-state index in [-0.39, 0.29) is 0 Å². The van der Waals surface area contributed by atoms with Gasteiger partial charge in [-0.15, -0.1) is 0 Å². The second-order valence-corrected chi connectivity index (χ2v) is 10.1. The summed E-state index contributed by atoms with van der Waals surface area (Å²) in [5.41, 5.74) is 3.02. The summed E-state index contributed by atoms with van der Waals surface area (Å²) >= 11 is 0. The summed E-state index contributed by atoms with van der Waals surface area (Å²) in [6.07, 6.45) is 18.4. The van der Waals surface area contributed by atoms with Gasteiger partial charge in [-0.3, -0.25) is 0 Å². The molecule has 0 amide bonds. The Labute approximate surface area is 195 Å². The number of ether oxygens (including phenoxy) is 1. The molecule has 1 aromatic carbocycles. The molecule has 0 radical (unpaired) electrons. The summed E-state index contributed by atoms with van der Waals surface area (Å²) in [5, 5.41) is 8.48. The molecule has 0 spiro atoms. The zero-order valence-electron chi connectivity index (χ0n) is 20.0. The molecule has 2 aliphatic carbocycles. The Bertz CT molecular complexity index is 719. The summed E-state index contributed by atoms with van der Waals surface area (Å²) in [5.74, 6) is 1.46. The topological polar surface area (TPSA) is 33.0 Å². The van der Waals surface area contributed by atoms with Gasteiger partial charge in [-0.2, -0.15) is 9.65 Å². The minimum absolute atomic E-state index is 0.413. The van der Waals surface area contributed by atoms with Crippen LogP contribution in [0.5, 0.6) is 0 Å². The Morgan fingerprint density at radius 1 is 1.00 bits per heavy atom. The molecule has 0 bridgehead atoms. The highest BCUT2D eigenvalue weighted by Gasteiger charge is 2.25. The first-order valence-corrected chi connectivity index (χ1v) is 13.1. The van der Waals surface area contributed by atoms with Gasteiger partial charge in [0.25, 0.3) is 0 Å². The van der Waals surface area contributed by atoms with E-state index in [1.165, 1.54) is 81.4 Å². The van der Waals surface area contributed by atoms with Crippen LogP contribution in [-0.4, -0.2) is 12.7 Å². The van der Waals surface area contributed by atoms with Crippen LogP contribution in [0.15, 0.2) is 36.2 Å². The molecular formula is C29H42FNO. The third-order valence-electron chi connectivity index (χ3n) is 7.73. The van der Waals surface area contributed by atoms with Crippen molar-refractivity contribution in [2.24, 2.45) is 11.8 Å². The number of unbranched alkanes of at least 4 members (excludes halogenated alkanes) is 2. The lowest BCUT2D eigenvalue weighted by Gasteiger charge is -2.32. The van der Waals surface area contributed by atoms with Gasteiger partial charge in [-0.05, 0) is 112 Å². The predicted molar refractivity (Wildman–Crippen MR) is 130 cm³/mol. The highest BCUT2D eigenvalue weighted by Crippen LogP contribution is 2.37. The molecule has 2 nitrogen and oxygen atoms in total. The number of halogens is 1. The van der Waals surface area contributed by atoms with Crippen molar-refractivity contribution < 1.29 is 9.13 Å². The second kappa shape index (κ2) is 13.8. The molecule has 1 aromatic rings. The number of hydrogen-bond donors (Lipinski definition) is 0. The summed E-state index contributed by atoms with van der Waals surface area (Å²) < 4.78 is 19.2.